The molecule has 2 N–H and O–H groups in total. The number of nitrogens with zero attached hydrogens (tertiary/aromatic N) is 2. The van der Waals surface area contributed by atoms with Crippen molar-refractivity contribution in [2.24, 2.45) is 5.14 Å². The molecule has 2 rings (SSSR count). The second kappa shape index (κ2) is 9.38. The van der Waals surface area contributed by atoms with E-state index in [4.69, 9.17) is 9.88 Å². The van der Waals surface area contributed by atoms with E-state index in [0.29, 0.717) is 6.54 Å². The number of esters is 1. The number of rotatable bonds is 7. The van der Waals surface area contributed by atoms with Gasteiger partial charge >= 0.3 is 5.97 Å². The Bertz CT molecular complexity index is 1010. The van der Waals surface area contributed by atoms with Crippen LogP contribution < -0.4 is 10.0 Å². The molecule has 0 saturated carbocycles. The highest BCUT2D eigenvalue weighted by atomic mass is 79.9. The number of halogens is 1. The zero-order chi connectivity index (χ0) is 21.8. The van der Waals surface area contributed by atoms with Gasteiger partial charge in [-0.2, -0.15) is 0 Å². The van der Waals surface area contributed by atoms with Crippen molar-refractivity contribution in [1.82, 2.24) is 4.90 Å². The van der Waals surface area contributed by atoms with Crippen molar-refractivity contribution in [3.05, 3.63) is 58.1 Å². The lowest BCUT2D eigenvalue weighted by Crippen LogP contribution is -2.30. The smallest absolute Gasteiger partial charge is 0.338 e. The van der Waals surface area contributed by atoms with Gasteiger partial charge in [0.2, 0.25) is 10.0 Å². The van der Waals surface area contributed by atoms with E-state index in [9.17, 15) is 18.0 Å². The number of likely N-dealkylation sites (N-methyl/N-ethyl adjacent to an activating group) is 1. The zero-order valence-electron chi connectivity index (χ0n) is 16.3. The lowest BCUT2D eigenvalue weighted by Gasteiger charge is -2.18. The summed E-state index contributed by atoms with van der Waals surface area (Å²) in [7, 11) is 1.48. The summed E-state index contributed by atoms with van der Waals surface area (Å²) < 4.78 is 28.3. The van der Waals surface area contributed by atoms with Crippen LogP contribution in [0.25, 0.3) is 0 Å². The Labute approximate surface area is 178 Å². The van der Waals surface area contributed by atoms with Crippen molar-refractivity contribution >= 4 is 43.5 Å². The van der Waals surface area contributed by atoms with E-state index in [1.807, 2.05) is 43.3 Å². The molecule has 0 atom stereocenters. The summed E-state index contributed by atoms with van der Waals surface area (Å²) in [4.78, 5) is 27.6. The number of sulfonamides is 1. The molecule has 156 valence electrons. The molecule has 0 heterocycles. The maximum absolute atomic E-state index is 12.3. The first-order valence-electron chi connectivity index (χ1n) is 8.48. The van der Waals surface area contributed by atoms with Crippen molar-refractivity contribution in [2.75, 3.05) is 32.6 Å². The number of ether oxygens (including phenoxy) is 1. The minimum Gasteiger partial charge on any atom is -0.452 e. The van der Waals surface area contributed by atoms with Crippen molar-refractivity contribution in [3.8, 4) is 0 Å². The minimum atomic E-state index is -4.01. The normalized spacial score (nSPS) is 11.1. The highest BCUT2D eigenvalue weighted by Gasteiger charge is 2.18. The SMILES string of the molecule is CN(Cc1ccc(N(C)C)cc1)C(=O)COC(=O)c1ccc(Br)c(S(N)(=O)=O)c1. The molecule has 0 fully saturated rings. The molecule has 0 aromatic heterocycles. The van der Waals surface area contributed by atoms with Crippen LogP contribution in [-0.2, 0) is 26.1 Å². The quantitative estimate of drug-likeness (QED) is 0.602. The van der Waals surface area contributed by atoms with Crippen molar-refractivity contribution in [1.29, 1.82) is 0 Å². The standard InChI is InChI=1S/C19H22BrN3O5S/c1-22(2)15-7-4-13(5-8-15)11-23(3)18(24)12-28-19(25)14-6-9-16(20)17(10-14)29(21,26)27/h4-10H,11-12H2,1-3H3,(H2,21,26,27). The molecular formula is C19H22BrN3O5S. The maximum atomic E-state index is 12.3. The first-order chi connectivity index (χ1) is 13.5. The van der Waals surface area contributed by atoms with E-state index in [1.165, 1.54) is 17.0 Å². The largest absolute Gasteiger partial charge is 0.452 e. The fourth-order valence-electron chi connectivity index (χ4n) is 2.43. The van der Waals surface area contributed by atoms with Gasteiger partial charge in [0.05, 0.1) is 10.5 Å². The predicted octanol–water partition coefficient (Wildman–Crippen LogP) is 1.98. The van der Waals surface area contributed by atoms with Gasteiger partial charge in [0.25, 0.3) is 5.91 Å². The number of carbonyl (C=O) groups excluding carboxylic acids is 2. The van der Waals surface area contributed by atoms with Gasteiger partial charge in [-0.3, -0.25) is 4.79 Å². The Kier molecular flexibility index (Phi) is 7.39. The molecule has 0 aliphatic heterocycles. The molecule has 0 aliphatic carbocycles. The Balaban J connectivity index is 1.96. The molecule has 0 aliphatic rings. The Morgan fingerprint density at radius 1 is 1.07 bits per heavy atom. The molecule has 8 nitrogen and oxygen atoms in total. The predicted molar refractivity (Wildman–Crippen MR) is 113 cm³/mol. The van der Waals surface area contributed by atoms with E-state index in [2.05, 4.69) is 15.9 Å². The van der Waals surface area contributed by atoms with Crippen LogP contribution in [0.1, 0.15) is 15.9 Å². The molecule has 0 bridgehead atoms. The number of amides is 1. The van der Waals surface area contributed by atoms with Gasteiger partial charge < -0.3 is 14.5 Å². The van der Waals surface area contributed by atoms with Crippen LogP contribution in [0.4, 0.5) is 5.69 Å². The molecule has 0 saturated heterocycles. The summed E-state index contributed by atoms with van der Waals surface area (Å²) in [5, 5.41) is 5.11. The number of primary sulfonamides is 1. The topological polar surface area (TPSA) is 110 Å². The summed E-state index contributed by atoms with van der Waals surface area (Å²) in [6, 6.07) is 11.6. The van der Waals surface area contributed by atoms with Gasteiger partial charge in [-0.25, -0.2) is 18.4 Å². The highest BCUT2D eigenvalue weighted by molar-refractivity contribution is 9.10. The Morgan fingerprint density at radius 3 is 2.24 bits per heavy atom. The number of benzene rings is 2. The maximum Gasteiger partial charge on any atom is 0.338 e. The van der Waals surface area contributed by atoms with Gasteiger partial charge in [0.1, 0.15) is 0 Å². The van der Waals surface area contributed by atoms with Crippen LogP contribution in [0.5, 0.6) is 0 Å². The lowest BCUT2D eigenvalue weighted by molar-refractivity contribution is -0.133. The number of carbonyl (C=O) groups is 2. The van der Waals surface area contributed by atoms with E-state index in [-0.39, 0.29) is 20.8 Å². The summed E-state index contributed by atoms with van der Waals surface area (Å²) in [5.41, 5.74) is 1.96. The van der Waals surface area contributed by atoms with Gasteiger partial charge in [-0.1, -0.05) is 12.1 Å². The number of hydrogen-bond donors (Lipinski definition) is 1. The molecule has 29 heavy (non-hydrogen) atoms. The summed E-state index contributed by atoms with van der Waals surface area (Å²) >= 11 is 3.07. The molecule has 0 spiro atoms. The van der Waals surface area contributed by atoms with Gasteiger partial charge in [-0.05, 0) is 51.8 Å². The Morgan fingerprint density at radius 2 is 1.69 bits per heavy atom. The molecular weight excluding hydrogens is 462 g/mol. The highest BCUT2D eigenvalue weighted by Crippen LogP contribution is 2.22. The van der Waals surface area contributed by atoms with E-state index < -0.39 is 22.6 Å². The number of hydrogen-bond acceptors (Lipinski definition) is 6. The molecule has 2 aromatic rings. The van der Waals surface area contributed by atoms with Crippen molar-refractivity contribution < 1.29 is 22.7 Å². The van der Waals surface area contributed by atoms with Crippen LogP contribution >= 0.6 is 15.9 Å². The monoisotopic (exact) mass is 483 g/mol. The molecule has 2 aromatic carbocycles. The average Bonchev–Trinajstić information content (AvgIpc) is 2.65. The van der Waals surface area contributed by atoms with Crippen LogP contribution in [0.3, 0.4) is 0 Å². The van der Waals surface area contributed by atoms with Crippen molar-refractivity contribution in [3.63, 3.8) is 0 Å². The average molecular weight is 484 g/mol. The Hall–Kier alpha value is -2.43. The lowest BCUT2D eigenvalue weighted by atomic mass is 10.2. The van der Waals surface area contributed by atoms with E-state index in [1.54, 1.807) is 7.05 Å². The fourth-order valence-corrected chi connectivity index (χ4v) is 3.99. The van der Waals surface area contributed by atoms with Crippen LogP contribution in [0, 0.1) is 0 Å². The molecule has 0 radical (unpaired) electrons. The first kappa shape index (κ1) is 22.9. The second-order valence-electron chi connectivity index (χ2n) is 6.58. The third-order valence-corrected chi connectivity index (χ3v) is 6.00. The summed E-state index contributed by atoms with van der Waals surface area (Å²) in [6.45, 7) is -0.107. The van der Waals surface area contributed by atoms with E-state index in [0.717, 1.165) is 17.3 Å². The van der Waals surface area contributed by atoms with E-state index >= 15 is 0 Å². The van der Waals surface area contributed by atoms with Crippen LogP contribution in [-0.4, -0.2) is 52.9 Å². The third kappa shape index (κ3) is 6.28. The third-order valence-electron chi connectivity index (χ3n) is 4.10. The minimum absolute atomic E-state index is 0.0213. The van der Waals surface area contributed by atoms with Crippen molar-refractivity contribution in [2.45, 2.75) is 11.4 Å². The molecule has 10 heteroatoms. The number of nitrogens with two attached hydrogens (primary N) is 1. The summed E-state index contributed by atoms with van der Waals surface area (Å²) in [6.07, 6.45) is 0. The van der Waals surface area contributed by atoms with Gasteiger partial charge in [-0.15, -0.1) is 0 Å². The van der Waals surface area contributed by atoms with Crippen LogP contribution in [0.15, 0.2) is 51.8 Å². The summed E-state index contributed by atoms with van der Waals surface area (Å²) in [5.74, 6) is -1.21. The first-order valence-corrected chi connectivity index (χ1v) is 10.8. The molecule has 1 amide bonds. The zero-order valence-corrected chi connectivity index (χ0v) is 18.7. The molecule has 0 unspecified atom stereocenters. The van der Waals surface area contributed by atoms with Gasteiger partial charge in [0, 0.05) is 37.8 Å². The fraction of sp³-hybridized carbons (Fsp3) is 0.263. The van der Waals surface area contributed by atoms with Crippen LogP contribution in [0.2, 0.25) is 0 Å². The number of anilines is 1. The second-order valence-corrected chi connectivity index (χ2v) is 8.96. The van der Waals surface area contributed by atoms with Gasteiger partial charge in [0.15, 0.2) is 6.61 Å².